The number of carboxylic acids is 1. The van der Waals surface area contributed by atoms with Gasteiger partial charge >= 0.3 is 5.97 Å². The highest BCUT2D eigenvalue weighted by Gasteiger charge is 2.44. The van der Waals surface area contributed by atoms with Crippen LogP contribution in [0.3, 0.4) is 0 Å². The molecule has 0 aliphatic carbocycles. The Kier molecular flexibility index (Phi) is 36.1. The number of primary amides is 1. The van der Waals surface area contributed by atoms with Crippen molar-refractivity contribution in [1.29, 1.82) is 0 Å². The summed E-state index contributed by atoms with van der Waals surface area (Å²) in [6.45, 7) is 6.05. The molecule has 1 aromatic heterocycles. The number of para-hydroxylation sites is 1. The molecule has 1 saturated heterocycles. The summed E-state index contributed by atoms with van der Waals surface area (Å²) in [7, 11) is 5.25. The van der Waals surface area contributed by atoms with Crippen LogP contribution in [0.1, 0.15) is 100 Å². The Labute approximate surface area is 756 Å². The Morgan fingerprint density at radius 3 is 1.68 bits per heavy atom. The van der Waals surface area contributed by atoms with Crippen molar-refractivity contribution in [2.45, 2.75) is 172 Å². The lowest BCUT2D eigenvalue weighted by Gasteiger charge is -2.37. The van der Waals surface area contributed by atoms with Crippen LogP contribution in [0.2, 0.25) is 5.02 Å². The highest BCUT2D eigenvalue weighted by molar-refractivity contribution is 8.00. The first kappa shape index (κ1) is 99.4. The number of halogens is 1. The Bertz CT molecular complexity index is 5200. The number of fused-ring (bicyclic) bond motifs is 5. The van der Waals surface area contributed by atoms with E-state index in [0.29, 0.717) is 62.1 Å². The zero-order chi connectivity index (χ0) is 94.0. The number of hydrogen-bond acceptors (Lipinski definition) is 19. The minimum atomic E-state index is -1.91. The SMILES string of the molecule is CCCC[C@H]1C(=O)N(C)CC(=O)N[C@@H](CC(=O)O)C(=O)N[C@@H](C(C)C)C(=O)N(C)[C@@H](Cc2ccccc2)C(=O)N[C@H]2Cc3ccc(O)cc3N(CC(=O)N[C@@H](Cc3c[nH]c4ccccc34)C(=O)N[C@@H](Cc3ccc(O)cc3)C(=O)N[C@@H](CC(C)C)C(=O)N[C@H](C(=O)NCC(N)=O)CSCC(=O)N[C@@H](Cc3ccc(Cl)cc3)C(=O)N(C)[C@@H](Cc3ccccc3)C(=O)N1C)C2=O. The van der Waals surface area contributed by atoms with Crippen LogP contribution in [0.25, 0.3) is 10.9 Å². The van der Waals surface area contributed by atoms with Crippen molar-refractivity contribution in [3.63, 3.8) is 0 Å². The summed E-state index contributed by atoms with van der Waals surface area (Å²) in [6, 6.07) is 23.2. The van der Waals surface area contributed by atoms with Gasteiger partial charge < -0.3 is 98.4 Å². The van der Waals surface area contributed by atoms with Gasteiger partial charge in [-0.05, 0) is 94.5 Å². The van der Waals surface area contributed by atoms with Crippen molar-refractivity contribution >= 4 is 135 Å². The predicted molar refractivity (Wildman–Crippen MR) is 482 cm³/mol. The van der Waals surface area contributed by atoms with Gasteiger partial charge in [-0.2, -0.15) is 0 Å². The number of carbonyl (C=O) groups excluding carboxylic acids is 15. The number of aromatic amines is 1. The molecule has 6 aromatic carbocycles. The van der Waals surface area contributed by atoms with Crippen LogP contribution in [0.15, 0.2) is 158 Å². The Hall–Kier alpha value is -13.4. The number of likely N-dealkylation sites (N-methyl/N-ethyl adjacent to an activating group) is 4. The van der Waals surface area contributed by atoms with E-state index in [1.807, 2.05) is 6.92 Å². The van der Waals surface area contributed by atoms with E-state index in [0.717, 1.165) is 36.3 Å². The van der Waals surface area contributed by atoms with Crippen LogP contribution in [0, 0.1) is 11.8 Å². The summed E-state index contributed by atoms with van der Waals surface area (Å²) in [5.41, 5.74) is 8.97. The second-order valence-corrected chi connectivity index (χ2v) is 34.5. The smallest absolute Gasteiger partial charge is 0.305 e. The predicted octanol–water partition coefficient (Wildman–Crippen LogP) is 2.87. The molecule has 9 rings (SSSR count). The number of benzene rings is 6. The molecule has 2 aliphatic heterocycles. The first-order valence-electron chi connectivity index (χ1n) is 42.5. The van der Waals surface area contributed by atoms with Gasteiger partial charge in [-0.15, -0.1) is 11.8 Å². The third-order valence-electron chi connectivity index (χ3n) is 22.4. The molecule has 0 saturated carbocycles. The minimum absolute atomic E-state index is 0.0206. The summed E-state index contributed by atoms with van der Waals surface area (Å²) in [6.07, 6.45) is -0.00789. The average molecular weight is 1810 g/mol. The van der Waals surface area contributed by atoms with Crippen LogP contribution in [-0.4, -0.2) is 260 Å². The molecule has 35 nitrogen and oxygen atoms in total. The number of nitrogens with two attached hydrogens (primary N) is 1. The summed E-state index contributed by atoms with van der Waals surface area (Å²) in [5, 5.41) is 56.5. The van der Waals surface area contributed by atoms with E-state index in [4.69, 9.17) is 17.3 Å². The molecule has 7 aromatic rings. The van der Waals surface area contributed by atoms with Gasteiger partial charge in [0.25, 0.3) is 0 Å². The molecule has 0 spiro atoms. The molecule has 0 unspecified atom stereocenters. The lowest BCUT2D eigenvalue weighted by Crippen LogP contribution is -2.62. The maximum absolute atomic E-state index is 15.5. The van der Waals surface area contributed by atoms with Crippen LogP contribution < -0.4 is 58.5 Å². The number of anilines is 1. The topological polar surface area (TPSA) is 500 Å². The fraction of sp³-hybridized carbons (Fsp3) is 0.413. The standard InChI is InChI=1S/C92H113ClN16O19S/c1-10-11-26-72-90(126)105(6)48-77(113)98-68(45-80(116)117)86(122)104-81(53(4)5)92(128)107(8)74(40-54-20-14-12-15-21-54)87(123)102-70-42-58-31-36-62(111)44-73(58)109(89(70)125)49-78(114)97-67(43-59-46-95-64-25-19-18-24-63(59)64)85(121)101-66(38-57-29-34-61(110)35-30-57)84(120)100-65(37-52(2)3)83(119)103-71(82(118)96-47-76(94)112)50-129-51-79(115)99-69(39-56-27-32-60(93)33-28-56)88(124)108(9)75(91(127)106(72)7)41-55-22-16-13-17-23-55/h12-25,27-36,44,46,52-53,65-72,74-75,81,95,110-111H,10-11,26,37-43,45,47-51H2,1-9H3,(H2,94,112)(H,96,118)(H,97,114)(H,98,113)(H,99,115)(H,100,120)(H,101,121)(H,102,123)(H,103,119)(H,104,122)(H,116,117)/t65-,66-,67-,68-,69-,70-,71-,72-,74-,75-,81-/m0/s1. The van der Waals surface area contributed by atoms with Crippen LogP contribution in [0.4, 0.5) is 5.69 Å². The number of amides is 15. The number of aromatic nitrogens is 1. The minimum Gasteiger partial charge on any atom is -0.508 e. The highest BCUT2D eigenvalue weighted by Crippen LogP contribution is 2.33. The molecular formula is C92H113ClN16O19S. The van der Waals surface area contributed by atoms with Gasteiger partial charge in [0.2, 0.25) is 88.6 Å². The quantitative estimate of drug-likeness (QED) is 0.0492. The van der Waals surface area contributed by atoms with Gasteiger partial charge in [-0.3, -0.25) is 76.7 Å². The maximum Gasteiger partial charge on any atom is 0.305 e. The van der Waals surface area contributed by atoms with Gasteiger partial charge in [-0.25, -0.2) is 0 Å². The maximum atomic E-state index is 15.5. The van der Waals surface area contributed by atoms with Crippen molar-refractivity contribution in [3.05, 3.63) is 196 Å². The fourth-order valence-corrected chi connectivity index (χ4v) is 16.3. The molecule has 15 N–H and O–H groups in total. The number of H-pyrrole nitrogens is 1. The average Bonchev–Trinajstić information content (AvgIpc) is 1.17. The first-order valence-corrected chi connectivity index (χ1v) is 44.0. The molecular weight excluding hydrogens is 1700 g/mol. The number of phenolic OH excluding ortho intramolecular Hbond substituents is 2. The monoisotopic (exact) mass is 1810 g/mol. The van der Waals surface area contributed by atoms with Crippen molar-refractivity contribution in [2.75, 3.05) is 64.2 Å². The number of aromatic hydroxyl groups is 2. The van der Waals surface area contributed by atoms with E-state index in [9.17, 15) is 53.7 Å². The number of carboxylic acid groups (broad SMARTS) is 1. The van der Waals surface area contributed by atoms with Crippen LogP contribution in [-0.2, 0) is 115 Å². The molecule has 688 valence electrons. The van der Waals surface area contributed by atoms with Gasteiger partial charge in [0.05, 0.1) is 31.0 Å². The zero-order valence-electron chi connectivity index (χ0n) is 73.3. The largest absolute Gasteiger partial charge is 0.508 e. The molecule has 2 bridgehead atoms. The normalized spacial score (nSPS) is 22.2. The Balaban J connectivity index is 1.12. The number of hydrogen-bond donors (Lipinski definition) is 14. The van der Waals surface area contributed by atoms with E-state index in [1.54, 1.807) is 143 Å². The molecule has 37 heteroatoms. The zero-order valence-corrected chi connectivity index (χ0v) is 74.9. The van der Waals surface area contributed by atoms with Gasteiger partial charge in [0.15, 0.2) is 0 Å². The third-order valence-corrected chi connectivity index (χ3v) is 23.6. The second-order valence-electron chi connectivity index (χ2n) is 33.1. The second kappa shape index (κ2) is 46.9. The summed E-state index contributed by atoms with van der Waals surface area (Å²) in [4.78, 5) is 244. The molecule has 3 heterocycles. The number of carbonyl (C=O) groups is 16. The molecule has 2 aliphatic rings. The van der Waals surface area contributed by atoms with Crippen LogP contribution in [0.5, 0.6) is 11.5 Å². The van der Waals surface area contributed by atoms with E-state index in [1.165, 1.54) is 70.7 Å². The summed E-state index contributed by atoms with van der Waals surface area (Å²) >= 11 is 7.14. The van der Waals surface area contributed by atoms with Crippen LogP contribution >= 0.6 is 23.4 Å². The molecule has 15 amide bonds. The third kappa shape index (κ3) is 28.3. The molecule has 1 fully saturated rings. The van der Waals surface area contributed by atoms with Crippen molar-refractivity contribution in [1.82, 2.24) is 72.4 Å². The Morgan fingerprint density at radius 1 is 0.527 bits per heavy atom. The lowest BCUT2D eigenvalue weighted by molar-refractivity contribution is -0.151. The lowest BCUT2D eigenvalue weighted by atomic mass is 9.95. The van der Waals surface area contributed by atoms with Gasteiger partial charge in [0, 0.05) is 101 Å². The number of unbranched alkanes of at least 4 members (excludes halogenated alkanes) is 1. The number of nitrogens with one attached hydrogen (secondary N) is 10. The van der Waals surface area contributed by atoms with Gasteiger partial charge in [-0.1, -0.05) is 168 Å². The van der Waals surface area contributed by atoms with E-state index >= 15 is 38.4 Å². The first-order chi connectivity index (χ1) is 61.4. The number of rotatable bonds is 21. The summed E-state index contributed by atoms with van der Waals surface area (Å²) in [5.74, 6) is -17.9. The summed E-state index contributed by atoms with van der Waals surface area (Å²) < 4.78 is 0. The Morgan fingerprint density at radius 2 is 1.06 bits per heavy atom. The molecule has 129 heavy (non-hydrogen) atoms. The van der Waals surface area contributed by atoms with Crippen molar-refractivity contribution < 1.29 is 92.0 Å². The van der Waals surface area contributed by atoms with E-state index in [2.05, 4.69) is 52.8 Å². The molecule has 11 atom stereocenters. The fourth-order valence-electron chi connectivity index (χ4n) is 15.3. The number of nitrogens with zero attached hydrogens (tertiary/aromatic N) is 5. The van der Waals surface area contributed by atoms with E-state index in [-0.39, 0.29) is 74.5 Å². The van der Waals surface area contributed by atoms with E-state index < -0.39 is 205 Å². The number of phenols is 2. The number of aliphatic carboxylic acids is 1. The van der Waals surface area contributed by atoms with Crippen molar-refractivity contribution in [2.24, 2.45) is 17.6 Å². The van der Waals surface area contributed by atoms with Crippen molar-refractivity contribution in [3.8, 4) is 11.5 Å². The van der Waals surface area contributed by atoms with Gasteiger partial charge in [0.1, 0.15) is 84.5 Å². The molecule has 0 radical (unpaired) electrons. The number of thioether (sulfide) groups is 1. The highest BCUT2D eigenvalue weighted by atomic mass is 35.5.